The molecule has 192 valence electrons. The molecule has 0 bridgehead atoms. The average Bonchev–Trinajstić information content (AvgIpc) is 2.95. The van der Waals surface area contributed by atoms with Crippen molar-refractivity contribution in [2.45, 2.75) is 12.5 Å². The van der Waals surface area contributed by atoms with Gasteiger partial charge in [-0.25, -0.2) is 14.0 Å². The minimum absolute atomic E-state index is 0.0512. The van der Waals surface area contributed by atoms with Gasteiger partial charge in [-0.15, -0.1) is 0 Å². The first-order valence-corrected chi connectivity index (χ1v) is 11.5. The highest BCUT2D eigenvalue weighted by Crippen LogP contribution is 2.43. The molecule has 1 aliphatic heterocycles. The van der Waals surface area contributed by atoms with Crippen molar-refractivity contribution in [3.8, 4) is 11.8 Å². The van der Waals surface area contributed by atoms with Crippen molar-refractivity contribution in [3.63, 3.8) is 0 Å². The van der Waals surface area contributed by atoms with Crippen LogP contribution in [0.1, 0.15) is 17.0 Å². The van der Waals surface area contributed by atoms with E-state index in [1.807, 2.05) is 0 Å². The van der Waals surface area contributed by atoms with E-state index < -0.39 is 17.9 Å². The largest absolute Gasteiger partial charge is 0.489 e. The number of methoxy groups -OCH3 is 2. The molecule has 0 fully saturated rings. The van der Waals surface area contributed by atoms with E-state index in [1.165, 1.54) is 31.3 Å². The Balaban J connectivity index is 1.86. The maximum atomic E-state index is 13.6. The number of nitrogens with zero attached hydrogens (tertiary/aromatic N) is 2. The zero-order chi connectivity index (χ0) is 27.2. The molecular weight excluding hydrogens is 489 g/mol. The Hall–Kier alpha value is -5.10. The molecule has 0 amide bonds. The van der Waals surface area contributed by atoms with Gasteiger partial charge in [-0.2, -0.15) is 5.26 Å². The summed E-state index contributed by atoms with van der Waals surface area (Å²) in [6.45, 7) is 0.0825. The van der Waals surface area contributed by atoms with Crippen molar-refractivity contribution in [2.75, 3.05) is 19.1 Å². The van der Waals surface area contributed by atoms with Gasteiger partial charge in [-0.1, -0.05) is 48.5 Å². The Bertz CT molecular complexity index is 1480. The number of ether oxygens (including phenoxy) is 3. The second kappa shape index (κ2) is 11.3. The molecular formula is C29H24FN3O5. The van der Waals surface area contributed by atoms with Gasteiger partial charge in [0, 0.05) is 6.07 Å². The van der Waals surface area contributed by atoms with Crippen LogP contribution in [0.5, 0.6) is 5.75 Å². The lowest BCUT2D eigenvalue weighted by atomic mass is 9.81. The van der Waals surface area contributed by atoms with E-state index in [2.05, 4.69) is 6.07 Å². The van der Waals surface area contributed by atoms with Crippen molar-refractivity contribution >= 4 is 17.6 Å². The summed E-state index contributed by atoms with van der Waals surface area (Å²) in [6, 6.07) is 23.4. The Morgan fingerprint density at radius 1 is 0.974 bits per heavy atom. The summed E-state index contributed by atoms with van der Waals surface area (Å²) in [5.41, 5.74) is 7.81. The molecule has 0 spiro atoms. The topological polar surface area (TPSA) is 115 Å². The molecule has 1 aliphatic rings. The molecule has 1 heterocycles. The molecule has 8 nitrogen and oxygen atoms in total. The van der Waals surface area contributed by atoms with Crippen LogP contribution >= 0.6 is 0 Å². The Labute approximate surface area is 218 Å². The normalized spacial score (nSPS) is 15.1. The highest BCUT2D eigenvalue weighted by Gasteiger charge is 2.43. The van der Waals surface area contributed by atoms with Crippen molar-refractivity contribution in [1.82, 2.24) is 0 Å². The number of benzene rings is 3. The summed E-state index contributed by atoms with van der Waals surface area (Å²) >= 11 is 0. The Morgan fingerprint density at radius 2 is 1.68 bits per heavy atom. The maximum absolute atomic E-state index is 13.6. The van der Waals surface area contributed by atoms with Gasteiger partial charge in [-0.3, -0.25) is 4.90 Å². The lowest BCUT2D eigenvalue weighted by Gasteiger charge is -2.36. The summed E-state index contributed by atoms with van der Waals surface area (Å²) < 4.78 is 29.5. The van der Waals surface area contributed by atoms with Crippen molar-refractivity contribution in [2.24, 2.45) is 5.73 Å². The van der Waals surface area contributed by atoms with Crippen LogP contribution in [0, 0.1) is 17.1 Å². The standard InChI is InChI=1S/C29H24FN3O5/c1-36-28(34)25-24(19-9-4-3-5-10-19)23(16-31)27(32)33(26(25)29(35)37-2)21-12-7-13-22(15-21)38-17-18-8-6-11-20(30)14-18/h3-15,24H,17,32H2,1-2H3. The highest BCUT2D eigenvalue weighted by atomic mass is 19.1. The van der Waals surface area contributed by atoms with E-state index >= 15 is 0 Å². The lowest BCUT2D eigenvalue weighted by Crippen LogP contribution is -2.40. The molecule has 0 aliphatic carbocycles. The molecule has 0 saturated heterocycles. The van der Waals surface area contributed by atoms with Gasteiger partial charge in [-0.05, 0) is 35.4 Å². The van der Waals surface area contributed by atoms with Gasteiger partial charge in [0.15, 0.2) is 0 Å². The number of carbonyl (C=O) groups excluding carboxylic acids is 2. The number of halogens is 1. The number of nitrogens with two attached hydrogens (primary N) is 1. The van der Waals surface area contributed by atoms with Crippen LogP contribution in [0.3, 0.4) is 0 Å². The predicted octanol–water partition coefficient (Wildman–Crippen LogP) is 4.30. The van der Waals surface area contributed by atoms with E-state index in [-0.39, 0.29) is 35.1 Å². The van der Waals surface area contributed by atoms with Gasteiger partial charge in [0.05, 0.1) is 43.0 Å². The average molecular weight is 514 g/mol. The van der Waals surface area contributed by atoms with E-state index in [9.17, 15) is 19.2 Å². The number of rotatable bonds is 7. The summed E-state index contributed by atoms with van der Waals surface area (Å²) in [5, 5.41) is 10.1. The minimum atomic E-state index is -0.966. The Morgan fingerprint density at radius 3 is 2.34 bits per heavy atom. The first-order valence-electron chi connectivity index (χ1n) is 11.5. The second-order valence-electron chi connectivity index (χ2n) is 8.25. The molecule has 0 radical (unpaired) electrons. The number of esters is 2. The van der Waals surface area contributed by atoms with Gasteiger partial charge >= 0.3 is 11.9 Å². The number of hydrogen-bond donors (Lipinski definition) is 1. The fourth-order valence-corrected chi connectivity index (χ4v) is 4.29. The lowest BCUT2D eigenvalue weighted by molar-refractivity contribution is -0.139. The first-order chi connectivity index (χ1) is 18.4. The molecule has 0 aromatic heterocycles. The quantitative estimate of drug-likeness (QED) is 0.465. The summed E-state index contributed by atoms with van der Waals surface area (Å²) in [5.74, 6) is -2.69. The molecule has 0 saturated carbocycles. The summed E-state index contributed by atoms with van der Waals surface area (Å²) in [7, 11) is 2.36. The fourth-order valence-electron chi connectivity index (χ4n) is 4.29. The predicted molar refractivity (Wildman–Crippen MR) is 137 cm³/mol. The minimum Gasteiger partial charge on any atom is -0.489 e. The molecule has 1 atom stereocenters. The van der Waals surface area contributed by atoms with Crippen LogP contribution in [0.2, 0.25) is 0 Å². The van der Waals surface area contributed by atoms with E-state index in [1.54, 1.807) is 66.7 Å². The molecule has 3 aromatic carbocycles. The molecule has 9 heteroatoms. The van der Waals surface area contributed by atoms with Crippen molar-refractivity contribution in [3.05, 3.63) is 118 Å². The van der Waals surface area contributed by atoms with Crippen LogP contribution in [-0.2, 0) is 25.7 Å². The SMILES string of the molecule is COC(=O)C1=C(C(=O)OC)N(c2cccc(OCc3cccc(F)c3)c2)C(N)=C(C#N)C1c1ccccc1. The number of carbonyl (C=O) groups is 2. The molecule has 4 rings (SSSR count). The van der Waals surface area contributed by atoms with Gasteiger partial charge in [0.1, 0.15) is 29.7 Å². The summed E-state index contributed by atoms with van der Waals surface area (Å²) in [6.07, 6.45) is 0. The third kappa shape index (κ3) is 5.06. The van der Waals surface area contributed by atoms with Crippen LogP contribution in [0.25, 0.3) is 0 Å². The fraction of sp³-hybridized carbons (Fsp3) is 0.138. The third-order valence-corrected chi connectivity index (χ3v) is 5.98. The van der Waals surface area contributed by atoms with Crippen LogP contribution in [0.4, 0.5) is 10.1 Å². The summed E-state index contributed by atoms with van der Waals surface area (Å²) in [4.78, 5) is 27.6. The smallest absolute Gasteiger partial charge is 0.355 e. The van der Waals surface area contributed by atoms with Crippen molar-refractivity contribution in [1.29, 1.82) is 5.26 Å². The molecule has 38 heavy (non-hydrogen) atoms. The highest BCUT2D eigenvalue weighted by molar-refractivity contribution is 6.06. The molecule has 3 aromatic rings. The van der Waals surface area contributed by atoms with Gasteiger partial charge in [0.25, 0.3) is 0 Å². The maximum Gasteiger partial charge on any atom is 0.355 e. The molecule has 1 unspecified atom stereocenters. The van der Waals surface area contributed by atoms with Crippen LogP contribution in [-0.4, -0.2) is 26.2 Å². The van der Waals surface area contributed by atoms with Crippen molar-refractivity contribution < 1.29 is 28.2 Å². The molecule has 2 N–H and O–H groups in total. The van der Waals surface area contributed by atoms with Crippen LogP contribution in [0.15, 0.2) is 102 Å². The monoisotopic (exact) mass is 513 g/mol. The van der Waals surface area contributed by atoms with E-state index in [0.29, 0.717) is 22.6 Å². The Kier molecular flexibility index (Phi) is 7.73. The van der Waals surface area contributed by atoms with Gasteiger partial charge < -0.3 is 19.9 Å². The van der Waals surface area contributed by atoms with Gasteiger partial charge in [0.2, 0.25) is 0 Å². The zero-order valence-electron chi connectivity index (χ0n) is 20.7. The van der Waals surface area contributed by atoms with E-state index in [0.717, 1.165) is 0 Å². The zero-order valence-corrected chi connectivity index (χ0v) is 20.7. The number of hydrogen-bond acceptors (Lipinski definition) is 8. The van der Waals surface area contributed by atoms with E-state index in [4.69, 9.17) is 19.9 Å². The number of allylic oxidation sites excluding steroid dienone is 1. The number of nitriles is 1. The van der Waals surface area contributed by atoms with Crippen LogP contribution < -0.4 is 15.4 Å². The first kappa shape index (κ1) is 26.0. The third-order valence-electron chi connectivity index (χ3n) is 5.98. The second-order valence-corrected chi connectivity index (χ2v) is 8.25. The number of anilines is 1.